The van der Waals surface area contributed by atoms with Crippen molar-refractivity contribution >= 4 is 5.97 Å². The lowest BCUT2D eigenvalue weighted by Crippen LogP contribution is -1.99. The minimum Gasteiger partial charge on any atom is -0.478 e. The lowest BCUT2D eigenvalue weighted by molar-refractivity contribution is 0.0696. The van der Waals surface area contributed by atoms with E-state index in [1.54, 1.807) is 12.1 Å². The van der Waals surface area contributed by atoms with Gasteiger partial charge in [0.1, 0.15) is 0 Å². The fourth-order valence-corrected chi connectivity index (χ4v) is 0.856. The number of hydrogen-bond donors (Lipinski definition) is 1. The van der Waals surface area contributed by atoms with Crippen LogP contribution in [-0.4, -0.2) is 11.1 Å². The number of carbonyl (C=O) groups is 1. The average Bonchev–Trinajstić information content (AvgIpc) is 2.16. The van der Waals surface area contributed by atoms with Gasteiger partial charge in [-0.1, -0.05) is 17.7 Å². The molecule has 0 aliphatic rings. The van der Waals surface area contributed by atoms with Crippen LogP contribution >= 0.6 is 0 Å². The zero-order valence-corrected chi connectivity index (χ0v) is 6.00. The molecule has 58 valence electrons. The van der Waals surface area contributed by atoms with Gasteiger partial charge in [0.25, 0.3) is 0 Å². The summed E-state index contributed by atoms with van der Waals surface area (Å²) in [7, 11) is 0. The predicted octanol–water partition coefficient (Wildman–Crippen LogP) is 2.00. The van der Waals surface area contributed by atoms with E-state index in [-0.39, 0.29) is 19.4 Å². The standard InChI is InChI=1S/C9H10O2/c1-6-3-4-8(9(10)11)7(2)5-6/h3-5H,1-2H3,(H,10,11)/i1D,2D. The van der Waals surface area contributed by atoms with Crippen LogP contribution in [0.25, 0.3) is 0 Å². The van der Waals surface area contributed by atoms with E-state index < -0.39 is 5.97 Å². The molecule has 0 aliphatic heterocycles. The van der Waals surface area contributed by atoms with Crippen LogP contribution in [0.5, 0.6) is 0 Å². The number of carboxylic acids is 1. The molecule has 2 nitrogen and oxygen atoms in total. The first kappa shape index (κ1) is 5.35. The highest BCUT2D eigenvalue weighted by Gasteiger charge is 2.04. The van der Waals surface area contributed by atoms with Gasteiger partial charge in [-0.15, -0.1) is 0 Å². The van der Waals surface area contributed by atoms with E-state index in [0.29, 0.717) is 5.56 Å². The van der Waals surface area contributed by atoms with Gasteiger partial charge in [0, 0.05) is 2.74 Å². The highest BCUT2D eigenvalue weighted by molar-refractivity contribution is 5.89. The van der Waals surface area contributed by atoms with Gasteiger partial charge < -0.3 is 5.11 Å². The number of benzene rings is 1. The maximum Gasteiger partial charge on any atom is 0.335 e. The average molecular weight is 152 g/mol. The van der Waals surface area contributed by atoms with Crippen molar-refractivity contribution in [2.75, 3.05) is 0 Å². The monoisotopic (exact) mass is 152 g/mol. The molecule has 0 bridgehead atoms. The Kier molecular flexibility index (Phi) is 1.33. The predicted molar refractivity (Wildman–Crippen MR) is 42.9 cm³/mol. The Morgan fingerprint density at radius 2 is 2.36 bits per heavy atom. The van der Waals surface area contributed by atoms with Crippen LogP contribution < -0.4 is 0 Å². The van der Waals surface area contributed by atoms with Crippen LogP contribution in [0.4, 0.5) is 0 Å². The molecular weight excluding hydrogens is 140 g/mol. The second-order valence-electron chi connectivity index (χ2n) is 2.30. The third-order valence-corrected chi connectivity index (χ3v) is 1.40. The lowest BCUT2D eigenvalue weighted by Gasteiger charge is -2.00. The molecule has 1 aromatic carbocycles. The third-order valence-electron chi connectivity index (χ3n) is 1.40. The fraction of sp³-hybridized carbons (Fsp3) is 0.222. The second-order valence-corrected chi connectivity index (χ2v) is 2.30. The molecule has 0 unspecified atom stereocenters. The summed E-state index contributed by atoms with van der Waals surface area (Å²) < 4.78 is 14.2. The van der Waals surface area contributed by atoms with E-state index in [0.717, 1.165) is 5.56 Å². The van der Waals surface area contributed by atoms with Crippen molar-refractivity contribution in [3.8, 4) is 0 Å². The molecule has 0 fully saturated rings. The molecule has 2 heteroatoms. The lowest BCUT2D eigenvalue weighted by atomic mass is 10.1. The molecule has 11 heavy (non-hydrogen) atoms. The highest BCUT2D eigenvalue weighted by Crippen LogP contribution is 2.09. The Morgan fingerprint density at radius 3 is 2.91 bits per heavy atom. The Labute approximate surface area is 68.3 Å². The summed E-state index contributed by atoms with van der Waals surface area (Å²) in [4.78, 5) is 10.7. The topological polar surface area (TPSA) is 37.3 Å². The van der Waals surface area contributed by atoms with Crippen molar-refractivity contribution in [2.24, 2.45) is 0 Å². The SMILES string of the molecule is [2H]Cc1ccc(C(=O)O)c(C[2H])c1. The molecule has 0 atom stereocenters. The maximum atomic E-state index is 10.7. The smallest absolute Gasteiger partial charge is 0.335 e. The molecule has 0 spiro atoms. The van der Waals surface area contributed by atoms with Crippen LogP contribution in [0.2, 0.25) is 0 Å². The van der Waals surface area contributed by atoms with Gasteiger partial charge in [-0.05, 0) is 25.4 Å². The summed E-state index contributed by atoms with van der Waals surface area (Å²) in [6.07, 6.45) is 0. The summed E-state index contributed by atoms with van der Waals surface area (Å²) in [6.45, 7) is 0.0579. The Hall–Kier alpha value is -1.31. The first-order valence-electron chi connectivity index (χ1n) is 4.54. The van der Waals surface area contributed by atoms with Gasteiger partial charge in [0.05, 0.1) is 5.56 Å². The van der Waals surface area contributed by atoms with Crippen molar-refractivity contribution in [1.82, 2.24) is 0 Å². The Balaban J connectivity index is 3.15. The minimum absolute atomic E-state index is 0.0600. The van der Waals surface area contributed by atoms with E-state index in [9.17, 15) is 4.79 Å². The molecule has 0 amide bonds. The zero-order chi connectivity index (χ0) is 9.84. The van der Waals surface area contributed by atoms with E-state index in [4.69, 9.17) is 7.85 Å². The summed E-state index contributed by atoms with van der Waals surface area (Å²) in [5, 5.41) is 8.73. The first-order valence-corrected chi connectivity index (χ1v) is 3.12. The first-order chi connectivity index (χ1) is 6.19. The zero-order valence-electron chi connectivity index (χ0n) is 8.00. The maximum absolute atomic E-state index is 10.7. The quantitative estimate of drug-likeness (QED) is 0.668. The number of rotatable bonds is 1. The molecule has 0 radical (unpaired) electrons. The summed E-state index contributed by atoms with van der Waals surface area (Å²) >= 11 is 0. The largest absolute Gasteiger partial charge is 0.478 e. The van der Waals surface area contributed by atoms with Crippen LogP contribution in [0.15, 0.2) is 18.2 Å². The second kappa shape index (κ2) is 2.74. The molecule has 0 saturated heterocycles. The van der Waals surface area contributed by atoms with Crippen LogP contribution in [0.1, 0.15) is 24.2 Å². The molecule has 1 rings (SSSR count). The van der Waals surface area contributed by atoms with Crippen LogP contribution in [-0.2, 0) is 0 Å². The van der Waals surface area contributed by atoms with Crippen molar-refractivity contribution in [3.63, 3.8) is 0 Å². The fourth-order valence-electron chi connectivity index (χ4n) is 0.856. The number of hydrogen-bond acceptors (Lipinski definition) is 1. The Morgan fingerprint density at radius 1 is 1.55 bits per heavy atom. The highest BCUT2D eigenvalue weighted by atomic mass is 16.4. The number of carboxylic acid groups (broad SMARTS) is 1. The third kappa shape index (κ3) is 1.58. The van der Waals surface area contributed by atoms with E-state index in [2.05, 4.69) is 0 Å². The molecule has 1 N–H and O–H groups in total. The summed E-state index contributed by atoms with van der Waals surface area (Å²) in [5.74, 6) is -1.02. The van der Waals surface area contributed by atoms with Gasteiger partial charge in [0.15, 0.2) is 0 Å². The minimum atomic E-state index is -1.02. The number of aromatic carboxylic acids is 1. The molecular formula is C9H10O2. The van der Waals surface area contributed by atoms with Crippen molar-refractivity contribution in [3.05, 3.63) is 34.9 Å². The molecule has 0 heterocycles. The van der Waals surface area contributed by atoms with Gasteiger partial charge in [0.2, 0.25) is 0 Å². The van der Waals surface area contributed by atoms with E-state index >= 15 is 0 Å². The van der Waals surface area contributed by atoms with Crippen molar-refractivity contribution in [1.29, 1.82) is 0 Å². The van der Waals surface area contributed by atoms with Gasteiger partial charge in [-0.2, -0.15) is 0 Å². The summed E-state index contributed by atoms with van der Waals surface area (Å²) in [5.41, 5.74) is 1.37. The molecule has 0 aromatic heterocycles. The Bertz CT molecular complexity index is 323. The molecule has 0 saturated carbocycles. The van der Waals surface area contributed by atoms with E-state index in [1.165, 1.54) is 6.07 Å². The normalized spacial score (nSPS) is 12.0. The van der Waals surface area contributed by atoms with Crippen molar-refractivity contribution in [2.45, 2.75) is 13.8 Å². The summed E-state index contributed by atoms with van der Waals surface area (Å²) in [6, 6.07) is 4.66. The molecule has 0 aliphatic carbocycles. The van der Waals surface area contributed by atoms with Crippen LogP contribution in [0, 0.1) is 13.8 Å². The number of aryl methyl sites for hydroxylation is 2. The van der Waals surface area contributed by atoms with Gasteiger partial charge >= 0.3 is 5.97 Å². The van der Waals surface area contributed by atoms with Crippen molar-refractivity contribution < 1.29 is 12.6 Å². The van der Waals surface area contributed by atoms with Gasteiger partial charge in [-0.25, -0.2) is 4.79 Å². The van der Waals surface area contributed by atoms with Gasteiger partial charge in [-0.3, -0.25) is 0 Å². The molecule has 1 aromatic rings. The van der Waals surface area contributed by atoms with Crippen LogP contribution in [0.3, 0.4) is 0 Å². The van der Waals surface area contributed by atoms with E-state index in [1.807, 2.05) is 0 Å².